The Hall–Kier alpha value is -1.75. The van der Waals surface area contributed by atoms with Crippen LogP contribution >= 0.6 is 11.6 Å². The van der Waals surface area contributed by atoms with E-state index in [1.807, 2.05) is 23.3 Å². The van der Waals surface area contributed by atoms with E-state index in [0.717, 1.165) is 23.8 Å². The molecule has 1 aromatic rings. The van der Waals surface area contributed by atoms with Crippen molar-refractivity contribution in [2.75, 3.05) is 18.0 Å². The Morgan fingerprint density at radius 1 is 1.24 bits per heavy atom. The van der Waals surface area contributed by atoms with E-state index in [-0.39, 0.29) is 5.02 Å². The first kappa shape index (κ1) is 14.2. The Labute approximate surface area is 125 Å². The first-order chi connectivity index (χ1) is 9.97. The third-order valence-corrected chi connectivity index (χ3v) is 3.87. The summed E-state index contributed by atoms with van der Waals surface area (Å²) < 4.78 is 38.3. The highest BCUT2D eigenvalue weighted by molar-refractivity contribution is 6.31. The molecule has 0 amide bonds. The lowest BCUT2D eigenvalue weighted by molar-refractivity contribution is -0.137. The molecule has 0 spiro atoms. The summed E-state index contributed by atoms with van der Waals surface area (Å²) in [5.74, 6) is 0. The van der Waals surface area contributed by atoms with Crippen molar-refractivity contribution in [1.29, 1.82) is 0 Å². The van der Waals surface area contributed by atoms with E-state index >= 15 is 0 Å². The lowest BCUT2D eigenvalue weighted by Gasteiger charge is -2.32. The summed E-state index contributed by atoms with van der Waals surface area (Å²) in [6.45, 7) is 1.15. The van der Waals surface area contributed by atoms with Crippen LogP contribution in [0.25, 0.3) is 0 Å². The van der Waals surface area contributed by atoms with Crippen LogP contribution in [0.1, 0.15) is 12.0 Å². The molecular formula is C15H12ClF3N2. The van der Waals surface area contributed by atoms with E-state index in [1.165, 1.54) is 12.1 Å². The van der Waals surface area contributed by atoms with Crippen molar-refractivity contribution < 1.29 is 13.2 Å². The quantitative estimate of drug-likeness (QED) is 0.747. The van der Waals surface area contributed by atoms with Gasteiger partial charge in [-0.1, -0.05) is 23.8 Å². The number of hydrogen-bond acceptors (Lipinski definition) is 2. The lowest BCUT2D eigenvalue weighted by atomic mass is 10.0. The second kappa shape index (κ2) is 5.22. The number of allylic oxidation sites excluding steroid dienone is 2. The van der Waals surface area contributed by atoms with Crippen LogP contribution in [0.15, 0.2) is 46.6 Å². The molecular weight excluding hydrogens is 301 g/mol. The van der Waals surface area contributed by atoms with Crippen LogP contribution in [0.2, 0.25) is 5.02 Å². The number of anilines is 1. The van der Waals surface area contributed by atoms with Gasteiger partial charge < -0.3 is 4.90 Å². The fourth-order valence-corrected chi connectivity index (χ4v) is 2.81. The van der Waals surface area contributed by atoms with Crippen LogP contribution in [0.3, 0.4) is 0 Å². The summed E-state index contributed by atoms with van der Waals surface area (Å²) in [6, 6.07) is 3.85. The van der Waals surface area contributed by atoms with Gasteiger partial charge in [0.2, 0.25) is 0 Å². The van der Waals surface area contributed by atoms with Crippen molar-refractivity contribution >= 4 is 23.5 Å². The summed E-state index contributed by atoms with van der Waals surface area (Å²) >= 11 is 5.80. The molecule has 2 nitrogen and oxygen atoms in total. The number of benzene rings is 1. The van der Waals surface area contributed by atoms with Crippen molar-refractivity contribution in [3.63, 3.8) is 0 Å². The molecule has 21 heavy (non-hydrogen) atoms. The van der Waals surface area contributed by atoms with Crippen LogP contribution in [-0.2, 0) is 6.18 Å². The number of aliphatic imine (C=N–C) groups is 1. The van der Waals surface area contributed by atoms with Gasteiger partial charge in [0.15, 0.2) is 0 Å². The first-order valence-corrected chi connectivity index (χ1v) is 6.86. The summed E-state index contributed by atoms with van der Waals surface area (Å²) in [5, 5.41) is -0.281. The Bertz CT molecular complexity index is 659. The summed E-state index contributed by atoms with van der Waals surface area (Å²) in [7, 11) is 0. The summed E-state index contributed by atoms with van der Waals surface area (Å²) in [4.78, 5) is 6.20. The number of alkyl halides is 3. The minimum atomic E-state index is -4.43. The van der Waals surface area contributed by atoms with Gasteiger partial charge in [-0.05, 0) is 23.8 Å². The highest BCUT2D eigenvalue weighted by Crippen LogP contribution is 2.38. The molecule has 2 heterocycles. The van der Waals surface area contributed by atoms with Crippen molar-refractivity contribution in [2.24, 2.45) is 4.99 Å². The van der Waals surface area contributed by atoms with Gasteiger partial charge in [0.25, 0.3) is 0 Å². The SMILES string of the molecule is FC(F)(F)c1ccc(N2CC=CC3=C2CN=CC3)cc1Cl. The van der Waals surface area contributed by atoms with E-state index in [4.69, 9.17) is 11.6 Å². The molecule has 0 bridgehead atoms. The van der Waals surface area contributed by atoms with Crippen molar-refractivity contribution in [2.45, 2.75) is 12.6 Å². The van der Waals surface area contributed by atoms with Gasteiger partial charge in [-0.25, -0.2) is 0 Å². The lowest BCUT2D eigenvalue weighted by Crippen LogP contribution is -2.29. The van der Waals surface area contributed by atoms with Gasteiger partial charge in [-0.15, -0.1) is 0 Å². The zero-order chi connectivity index (χ0) is 15.0. The van der Waals surface area contributed by atoms with Crippen molar-refractivity contribution in [3.8, 4) is 0 Å². The highest BCUT2D eigenvalue weighted by Gasteiger charge is 2.33. The molecule has 0 saturated carbocycles. The van der Waals surface area contributed by atoms with Crippen LogP contribution in [0.5, 0.6) is 0 Å². The van der Waals surface area contributed by atoms with Gasteiger partial charge in [0.1, 0.15) is 0 Å². The van der Waals surface area contributed by atoms with Gasteiger partial charge >= 0.3 is 6.18 Å². The average Bonchev–Trinajstić information content (AvgIpc) is 2.45. The molecule has 0 radical (unpaired) electrons. The van der Waals surface area contributed by atoms with Gasteiger partial charge in [0.05, 0.1) is 17.1 Å². The molecule has 0 atom stereocenters. The summed E-state index contributed by atoms with van der Waals surface area (Å²) in [6.07, 6.45) is 2.20. The third kappa shape index (κ3) is 2.70. The maximum Gasteiger partial charge on any atom is 0.417 e. The van der Waals surface area contributed by atoms with E-state index in [0.29, 0.717) is 18.8 Å². The predicted molar refractivity (Wildman–Crippen MR) is 77.9 cm³/mol. The molecule has 6 heteroatoms. The molecule has 0 aromatic heterocycles. The van der Waals surface area contributed by atoms with Crippen LogP contribution in [0.4, 0.5) is 18.9 Å². The predicted octanol–water partition coefficient (Wildman–Crippen LogP) is 4.46. The van der Waals surface area contributed by atoms with E-state index in [1.54, 1.807) is 0 Å². The normalized spacial score (nSPS) is 18.2. The maximum atomic E-state index is 12.8. The van der Waals surface area contributed by atoms with Crippen molar-refractivity contribution in [3.05, 3.63) is 52.2 Å². The molecule has 3 rings (SSSR count). The van der Waals surface area contributed by atoms with Gasteiger partial charge in [-0.3, -0.25) is 4.99 Å². The van der Waals surface area contributed by atoms with Crippen LogP contribution in [0, 0.1) is 0 Å². The molecule has 0 N–H and O–H groups in total. The van der Waals surface area contributed by atoms with Crippen LogP contribution < -0.4 is 4.90 Å². The molecule has 110 valence electrons. The van der Waals surface area contributed by atoms with Crippen LogP contribution in [-0.4, -0.2) is 19.3 Å². The Kier molecular flexibility index (Phi) is 3.53. The number of dihydropyridines is 1. The molecule has 0 aliphatic carbocycles. The molecule has 2 aliphatic heterocycles. The Morgan fingerprint density at radius 3 is 2.76 bits per heavy atom. The Balaban J connectivity index is 1.96. The largest absolute Gasteiger partial charge is 0.417 e. The second-order valence-electron chi connectivity index (χ2n) is 4.87. The monoisotopic (exact) mass is 312 g/mol. The fourth-order valence-electron chi connectivity index (χ4n) is 2.53. The minimum absolute atomic E-state index is 0.281. The highest BCUT2D eigenvalue weighted by atomic mass is 35.5. The number of rotatable bonds is 1. The molecule has 0 saturated heterocycles. The fraction of sp³-hybridized carbons (Fsp3) is 0.267. The topological polar surface area (TPSA) is 15.6 Å². The Morgan fingerprint density at radius 2 is 2.05 bits per heavy atom. The molecule has 0 unspecified atom stereocenters. The molecule has 1 aromatic carbocycles. The van der Waals surface area contributed by atoms with E-state index in [9.17, 15) is 13.2 Å². The van der Waals surface area contributed by atoms with Gasteiger partial charge in [0, 0.05) is 30.6 Å². The van der Waals surface area contributed by atoms with Gasteiger partial charge in [-0.2, -0.15) is 13.2 Å². The number of halogens is 4. The summed E-state index contributed by atoms with van der Waals surface area (Å²) in [5.41, 5.74) is 2.02. The van der Waals surface area contributed by atoms with E-state index < -0.39 is 11.7 Å². The zero-order valence-electron chi connectivity index (χ0n) is 11.0. The zero-order valence-corrected chi connectivity index (χ0v) is 11.7. The smallest absolute Gasteiger partial charge is 0.339 e. The molecule has 2 aliphatic rings. The van der Waals surface area contributed by atoms with E-state index in [2.05, 4.69) is 4.99 Å². The maximum absolute atomic E-state index is 12.8. The average molecular weight is 313 g/mol. The third-order valence-electron chi connectivity index (χ3n) is 3.55. The molecule has 0 fully saturated rings. The minimum Gasteiger partial charge on any atom is -0.339 e. The standard InChI is InChI=1S/C15H12ClF3N2/c16-13-8-11(3-4-12(13)15(17,18)19)21-7-1-2-10-5-6-20-9-14(10)21/h1-4,6,8H,5,7,9H2. The second-order valence-corrected chi connectivity index (χ2v) is 5.28. The first-order valence-electron chi connectivity index (χ1n) is 6.48. The number of nitrogens with zero attached hydrogens (tertiary/aromatic N) is 2. The van der Waals surface area contributed by atoms with Crippen molar-refractivity contribution in [1.82, 2.24) is 0 Å². The number of hydrogen-bond donors (Lipinski definition) is 0.